The number of hydrogen-bond donors (Lipinski definition) is 0. The van der Waals surface area contributed by atoms with Crippen LogP contribution < -0.4 is 14.4 Å². The summed E-state index contributed by atoms with van der Waals surface area (Å²) in [5.41, 5.74) is 5.04. The molecule has 1 saturated heterocycles. The second-order valence-electron chi connectivity index (χ2n) is 10.4. The zero-order valence-electron chi connectivity index (χ0n) is 23.0. The molecule has 3 heterocycles. The SMILES string of the molecule is CSc1ccc(-c2ccc(CN3CCN(c4ccc(OCC5CCn6cc([N+](=O)[O-])nc6O5)cc4)CC3)cc2)cc1. The normalized spacial score (nSPS) is 17.1. The second-order valence-corrected chi connectivity index (χ2v) is 11.2. The average Bonchev–Trinajstić information content (AvgIpc) is 3.45. The Kier molecular flexibility index (Phi) is 8.11. The number of thioether (sulfide) groups is 1. The molecule has 0 radical (unpaired) electrons. The summed E-state index contributed by atoms with van der Waals surface area (Å²) >= 11 is 1.76. The van der Waals surface area contributed by atoms with Crippen molar-refractivity contribution >= 4 is 23.3 Å². The van der Waals surface area contributed by atoms with Gasteiger partial charge < -0.3 is 24.5 Å². The summed E-state index contributed by atoms with van der Waals surface area (Å²) in [5.74, 6) is 0.583. The van der Waals surface area contributed by atoms with Crippen LogP contribution in [0, 0.1) is 10.1 Å². The maximum Gasteiger partial charge on any atom is 0.414 e. The number of benzene rings is 3. The minimum atomic E-state index is -0.507. The van der Waals surface area contributed by atoms with Crippen molar-refractivity contribution in [1.29, 1.82) is 0 Å². The van der Waals surface area contributed by atoms with Crippen molar-refractivity contribution in [3.05, 3.63) is 94.7 Å². The molecular formula is C31H33N5O4S. The molecule has 2 aliphatic heterocycles. The Hall–Kier alpha value is -4.02. The molecule has 0 aliphatic carbocycles. The molecule has 9 nitrogen and oxygen atoms in total. The van der Waals surface area contributed by atoms with Gasteiger partial charge in [-0.05, 0) is 64.3 Å². The van der Waals surface area contributed by atoms with E-state index in [0.717, 1.165) is 38.5 Å². The van der Waals surface area contributed by atoms with Crippen LogP contribution in [0.5, 0.6) is 11.8 Å². The molecule has 1 atom stereocenters. The number of anilines is 1. The maximum absolute atomic E-state index is 11.0. The predicted molar refractivity (Wildman–Crippen MR) is 161 cm³/mol. The van der Waals surface area contributed by atoms with E-state index in [4.69, 9.17) is 9.47 Å². The highest BCUT2D eigenvalue weighted by Gasteiger charge is 2.28. The topological polar surface area (TPSA) is 85.9 Å². The van der Waals surface area contributed by atoms with Gasteiger partial charge in [0.25, 0.3) is 0 Å². The number of imidazole rings is 1. The first-order valence-corrected chi connectivity index (χ1v) is 15.1. The number of aromatic nitrogens is 2. The lowest BCUT2D eigenvalue weighted by Crippen LogP contribution is -2.45. The summed E-state index contributed by atoms with van der Waals surface area (Å²) in [6, 6.07) is 26.2. The van der Waals surface area contributed by atoms with Crippen LogP contribution in [0.4, 0.5) is 11.5 Å². The third-order valence-corrected chi connectivity index (χ3v) is 8.42. The van der Waals surface area contributed by atoms with Crippen molar-refractivity contribution in [3.63, 3.8) is 0 Å². The van der Waals surface area contributed by atoms with Gasteiger partial charge in [0.15, 0.2) is 0 Å². The molecule has 0 bridgehead atoms. The van der Waals surface area contributed by atoms with Crippen molar-refractivity contribution in [2.45, 2.75) is 30.5 Å². The third-order valence-electron chi connectivity index (χ3n) is 7.67. The van der Waals surface area contributed by atoms with Crippen molar-refractivity contribution in [1.82, 2.24) is 14.5 Å². The number of fused-ring (bicyclic) bond motifs is 1. The number of piperazine rings is 1. The molecule has 0 amide bonds. The highest BCUT2D eigenvalue weighted by atomic mass is 32.2. The summed E-state index contributed by atoms with van der Waals surface area (Å²) in [7, 11) is 0. The lowest BCUT2D eigenvalue weighted by atomic mass is 10.0. The molecule has 0 saturated carbocycles. The van der Waals surface area contributed by atoms with E-state index in [0.29, 0.717) is 19.6 Å². The van der Waals surface area contributed by atoms with Crippen molar-refractivity contribution < 1.29 is 14.4 Å². The van der Waals surface area contributed by atoms with Crippen LogP contribution in [0.1, 0.15) is 12.0 Å². The first-order valence-electron chi connectivity index (χ1n) is 13.9. The van der Waals surface area contributed by atoms with Crippen LogP contribution in [0.15, 0.2) is 83.9 Å². The molecule has 41 heavy (non-hydrogen) atoms. The third kappa shape index (κ3) is 6.49. The van der Waals surface area contributed by atoms with Gasteiger partial charge in [0.05, 0.1) is 0 Å². The van der Waals surface area contributed by atoms with E-state index in [9.17, 15) is 10.1 Å². The van der Waals surface area contributed by atoms with Crippen LogP contribution in [0.2, 0.25) is 0 Å². The second kappa shape index (κ2) is 12.2. The molecular weight excluding hydrogens is 538 g/mol. The van der Waals surface area contributed by atoms with Crippen molar-refractivity contribution in [3.8, 4) is 22.9 Å². The van der Waals surface area contributed by atoms with E-state index in [1.165, 1.54) is 33.5 Å². The van der Waals surface area contributed by atoms with Gasteiger partial charge in [-0.25, -0.2) is 0 Å². The van der Waals surface area contributed by atoms with E-state index < -0.39 is 4.92 Å². The number of nitrogens with zero attached hydrogens (tertiary/aromatic N) is 5. The molecule has 2 aliphatic rings. The highest BCUT2D eigenvalue weighted by Crippen LogP contribution is 2.27. The summed E-state index contributed by atoms with van der Waals surface area (Å²) in [5, 5.41) is 11.0. The molecule has 212 valence electrons. The Bertz CT molecular complexity index is 1470. The lowest BCUT2D eigenvalue weighted by Gasteiger charge is -2.36. The van der Waals surface area contributed by atoms with Gasteiger partial charge in [-0.3, -0.25) is 9.47 Å². The fraction of sp³-hybridized carbons (Fsp3) is 0.323. The molecule has 0 N–H and O–H groups in total. The number of aryl methyl sites for hydroxylation is 1. The van der Waals surface area contributed by atoms with Crippen molar-refractivity contribution in [2.24, 2.45) is 0 Å². The Morgan fingerprint density at radius 3 is 2.29 bits per heavy atom. The minimum absolute atomic E-state index is 0.194. The molecule has 6 rings (SSSR count). The van der Waals surface area contributed by atoms with E-state index >= 15 is 0 Å². The zero-order valence-corrected chi connectivity index (χ0v) is 23.8. The van der Waals surface area contributed by atoms with Gasteiger partial charge in [0.1, 0.15) is 24.7 Å². The van der Waals surface area contributed by atoms with Gasteiger partial charge in [0, 0.05) is 61.3 Å². The molecule has 0 spiro atoms. The van der Waals surface area contributed by atoms with Gasteiger partial charge in [-0.15, -0.1) is 11.8 Å². The largest absolute Gasteiger partial charge is 0.490 e. The van der Waals surface area contributed by atoms with Gasteiger partial charge in [0.2, 0.25) is 0 Å². The fourth-order valence-electron chi connectivity index (χ4n) is 5.29. The predicted octanol–water partition coefficient (Wildman–Crippen LogP) is 5.73. The van der Waals surface area contributed by atoms with E-state index in [1.54, 1.807) is 16.3 Å². The van der Waals surface area contributed by atoms with E-state index in [-0.39, 0.29) is 17.9 Å². The molecule has 4 aromatic rings. The van der Waals surface area contributed by atoms with E-state index in [1.807, 2.05) is 12.1 Å². The monoisotopic (exact) mass is 571 g/mol. The maximum atomic E-state index is 11.0. The Labute approximate surface area is 243 Å². The Morgan fingerprint density at radius 1 is 0.951 bits per heavy atom. The molecule has 10 heteroatoms. The molecule has 1 unspecified atom stereocenters. The standard InChI is InChI=1S/C31H33N5O4S/c1-41-29-12-6-25(7-13-29)24-4-2-23(3-5-24)20-33-16-18-34(19-17-33)26-8-10-27(11-9-26)39-22-28-14-15-35-21-30(36(37)38)32-31(35)40-28/h2-13,21,28H,14-20,22H2,1H3. The van der Waals surface area contributed by atoms with Gasteiger partial charge in [-0.1, -0.05) is 36.4 Å². The summed E-state index contributed by atoms with van der Waals surface area (Å²) < 4.78 is 13.4. The van der Waals surface area contributed by atoms with Crippen molar-refractivity contribution in [2.75, 3.05) is 43.9 Å². The zero-order chi connectivity index (χ0) is 28.2. The Morgan fingerprint density at radius 2 is 1.63 bits per heavy atom. The molecule has 3 aromatic carbocycles. The average molecular weight is 572 g/mol. The Balaban J connectivity index is 0.953. The summed E-state index contributed by atoms with van der Waals surface area (Å²) in [6.07, 6.45) is 4.02. The quantitative estimate of drug-likeness (QED) is 0.143. The summed E-state index contributed by atoms with van der Waals surface area (Å²) in [6.45, 7) is 5.94. The lowest BCUT2D eigenvalue weighted by molar-refractivity contribution is -0.389. The highest BCUT2D eigenvalue weighted by molar-refractivity contribution is 7.98. The first-order chi connectivity index (χ1) is 20.0. The first kappa shape index (κ1) is 27.2. The van der Waals surface area contributed by atoms with Gasteiger partial charge in [-0.2, -0.15) is 0 Å². The van der Waals surface area contributed by atoms with E-state index in [2.05, 4.69) is 81.7 Å². The number of hydrogen-bond acceptors (Lipinski definition) is 8. The fourth-order valence-corrected chi connectivity index (χ4v) is 5.70. The van der Waals surface area contributed by atoms with Crippen LogP contribution in [-0.2, 0) is 13.1 Å². The number of nitro groups is 1. The smallest absolute Gasteiger partial charge is 0.414 e. The van der Waals surface area contributed by atoms with Crippen LogP contribution in [0.3, 0.4) is 0 Å². The summed E-state index contributed by atoms with van der Waals surface area (Å²) in [4.78, 5) is 20.6. The molecule has 1 aromatic heterocycles. The van der Waals surface area contributed by atoms with Crippen LogP contribution in [0.25, 0.3) is 11.1 Å². The van der Waals surface area contributed by atoms with Gasteiger partial charge >= 0.3 is 11.8 Å². The van der Waals surface area contributed by atoms with Crippen LogP contribution in [-0.4, -0.2) is 64.5 Å². The number of ether oxygens (including phenoxy) is 2. The minimum Gasteiger partial charge on any atom is -0.490 e. The van der Waals surface area contributed by atoms with Crippen LogP contribution >= 0.6 is 11.8 Å². The molecule has 1 fully saturated rings. The number of rotatable bonds is 9.